The van der Waals surface area contributed by atoms with E-state index in [0.29, 0.717) is 6.61 Å². The molecule has 0 saturated heterocycles. The minimum absolute atomic E-state index is 0. The number of hydrogen-bond acceptors (Lipinski definition) is 3. The zero-order valence-electron chi connectivity index (χ0n) is 9.90. The van der Waals surface area contributed by atoms with Crippen LogP contribution in [-0.4, -0.2) is 12.6 Å². The Labute approximate surface area is 116 Å². The molecule has 1 rings (SSSR count). The van der Waals surface area contributed by atoms with Crippen LogP contribution in [0.4, 0.5) is 0 Å². The number of ether oxygens (including phenoxy) is 1. The molecule has 0 aliphatic heterocycles. The molecule has 0 radical (unpaired) electrons. The molecule has 1 aromatic carbocycles. The second-order valence-electron chi connectivity index (χ2n) is 3.68. The molecular weight excluding hydrogens is 305 g/mol. The average Bonchev–Trinajstić information content (AvgIpc) is 2.16. The predicted octanol–water partition coefficient (Wildman–Crippen LogP) is 3.13. The molecule has 17 heavy (non-hydrogen) atoms. The summed E-state index contributed by atoms with van der Waals surface area (Å²) in [5.41, 5.74) is 8.00. The van der Waals surface area contributed by atoms with E-state index in [-0.39, 0.29) is 30.8 Å². The van der Waals surface area contributed by atoms with Crippen LogP contribution in [0, 0.1) is 6.92 Å². The second-order valence-corrected chi connectivity index (χ2v) is 4.59. The van der Waals surface area contributed by atoms with Crippen molar-refractivity contribution in [2.45, 2.75) is 26.3 Å². The summed E-state index contributed by atoms with van der Waals surface area (Å²) in [6.45, 7) is 4.17. The fraction of sp³-hybridized carbons (Fsp3) is 0.417. The highest BCUT2D eigenvalue weighted by molar-refractivity contribution is 9.10. The van der Waals surface area contributed by atoms with Gasteiger partial charge in [0.15, 0.2) is 0 Å². The van der Waals surface area contributed by atoms with Crippen molar-refractivity contribution in [3.8, 4) is 0 Å². The molecule has 0 amide bonds. The Morgan fingerprint density at radius 2 is 2.12 bits per heavy atom. The highest BCUT2D eigenvalue weighted by Crippen LogP contribution is 2.21. The third-order valence-corrected chi connectivity index (χ3v) is 2.64. The third kappa shape index (κ3) is 5.52. The van der Waals surface area contributed by atoms with E-state index in [0.717, 1.165) is 15.6 Å². The van der Waals surface area contributed by atoms with Gasteiger partial charge >= 0.3 is 5.97 Å². The lowest BCUT2D eigenvalue weighted by molar-refractivity contribution is -0.143. The van der Waals surface area contributed by atoms with E-state index in [9.17, 15) is 4.79 Å². The Balaban J connectivity index is 0.00000256. The molecule has 1 atom stereocenters. The maximum Gasteiger partial charge on any atom is 0.307 e. The normalized spacial score (nSPS) is 11.5. The maximum atomic E-state index is 11.3. The number of benzene rings is 1. The Bertz CT molecular complexity index is 365. The summed E-state index contributed by atoms with van der Waals surface area (Å²) in [4.78, 5) is 11.3. The highest BCUT2D eigenvalue weighted by Gasteiger charge is 2.13. The second kappa shape index (κ2) is 7.69. The Morgan fingerprint density at radius 3 is 2.65 bits per heavy atom. The van der Waals surface area contributed by atoms with E-state index in [1.165, 1.54) is 0 Å². The van der Waals surface area contributed by atoms with Crippen molar-refractivity contribution >= 4 is 34.3 Å². The first-order chi connectivity index (χ1) is 7.52. The number of aryl methyl sites for hydroxylation is 1. The number of halogens is 2. The Kier molecular flexibility index (Phi) is 7.43. The van der Waals surface area contributed by atoms with Crippen LogP contribution in [0.1, 0.15) is 30.5 Å². The highest BCUT2D eigenvalue weighted by atomic mass is 79.9. The Hall–Kier alpha value is -0.580. The number of rotatable bonds is 4. The van der Waals surface area contributed by atoms with Gasteiger partial charge in [0.2, 0.25) is 0 Å². The molecule has 0 fully saturated rings. The summed E-state index contributed by atoms with van der Waals surface area (Å²) in [7, 11) is 0. The van der Waals surface area contributed by atoms with Crippen molar-refractivity contribution in [1.29, 1.82) is 0 Å². The maximum absolute atomic E-state index is 11.3. The molecule has 0 aliphatic carbocycles. The average molecular weight is 323 g/mol. The molecule has 3 nitrogen and oxygen atoms in total. The number of esters is 1. The number of nitrogens with two attached hydrogens (primary N) is 1. The van der Waals surface area contributed by atoms with Gasteiger partial charge in [0.1, 0.15) is 0 Å². The van der Waals surface area contributed by atoms with Crippen LogP contribution in [0.5, 0.6) is 0 Å². The fourth-order valence-electron chi connectivity index (χ4n) is 1.50. The van der Waals surface area contributed by atoms with Crippen LogP contribution in [0.2, 0.25) is 0 Å². The van der Waals surface area contributed by atoms with Gasteiger partial charge in [0, 0.05) is 10.5 Å². The molecule has 5 heteroatoms. The van der Waals surface area contributed by atoms with Crippen LogP contribution in [0.25, 0.3) is 0 Å². The lowest BCUT2D eigenvalue weighted by Crippen LogP contribution is -2.17. The quantitative estimate of drug-likeness (QED) is 0.867. The molecule has 1 aromatic rings. The largest absolute Gasteiger partial charge is 0.466 e. The molecule has 0 heterocycles. The van der Waals surface area contributed by atoms with Gasteiger partial charge in [-0.3, -0.25) is 4.79 Å². The first-order valence-electron chi connectivity index (χ1n) is 5.21. The van der Waals surface area contributed by atoms with Crippen molar-refractivity contribution in [2.75, 3.05) is 6.61 Å². The van der Waals surface area contributed by atoms with Crippen LogP contribution in [-0.2, 0) is 9.53 Å². The zero-order chi connectivity index (χ0) is 12.1. The summed E-state index contributed by atoms with van der Waals surface area (Å²) < 4.78 is 5.84. The van der Waals surface area contributed by atoms with Gasteiger partial charge in [0.25, 0.3) is 0 Å². The van der Waals surface area contributed by atoms with Gasteiger partial charge in [-0.05, 0) is 37.1 Å². The van der Waals surface area contributed by atoms with E-state index in [1.54, 1.807) is 6.92 Å². The topological polar surface area (TPSA) is 52.3 Å². The summed E-state index contributed by atoms with van der Waals surface area (Å²) >= 11 is 3.41. The van der Waals surface area contributed by atoms with Crippen LogP contribution in [0.15, 0.2) is 22.7 Å². The molecule has 0 spiro atoms. The minimum Gasteiger partial charge on any atom is -0.466 e. The van der Waals surface area contributed by atoms with Crippen LogP contribution in [0.3, 0.4) is 0 Å². The van der Waals surface area contributed by atoms with Crippen molar-refractivity contribution in [3.63, 3.8) is 0 Å². The van der Waals surface area contributed by atoms with Gasteiger partial charge in [-0.15, -0.1) is 12.4 Å². The van der Waals surface area contributed by atoms with Crippen LogP contribution >= 0.6 is 28.3 Å². The van der Waals surface area contributed by atoms with Gasteiger partial charge in [0.05, 0.1) is 13.0 Å². The molecular formula is C12H17BrClNO2. The van der Waals surface area contributed by atoms with Crippen molar-refractivity contribution < 1.29 is 9.53 Å². The van der Waals surface area contributed by atoms with Gasteiger partial charge < -0.3 is 10.5 Å². The summed E-state index contributed by atoms with van der Waals surface area (Å²) in [6.07, 6.45) is 0.212. The molecule has 0 unspecified atom stereocenters. The summed E-state index contributed by atoms with van der Waals surface area (Å²) in [6, 6.07) is 5.60. The standard InChI is InChI=1S/C12H16BrNO2.ClH/c1-3-16-12(15)7-11(14)9-4-8(2)5-10(13)6-9;/h4-6,11H,3,7,14H2,1-2H3;1H/t11-;/m0./s1. The SMILES string of the molecule is CCOC(=O)C[C@H](N)c1cc(C)cc(Br)c1.Cl. The first-order valence-corrected chi connectivity index (χ1v) is 6.00. The minimum atomic E-state index is -0.310. The number of carbonyl (C=O) groups is 1. The third-order valence-electron chi connectivity index (χ3n) is 2.18. The molecule has 96 valence electrons. The molecule has 0 aliphatic rings. The van der Waals surface area contributed by atoms with E-state index >= 15 is 0 Å². The van der Waals surface area contributed by atoms with Crippen molar-refractivity contribution in [2.24, 2.45) is 5.73 Å². The Morgan fingerprint density at radius 1 is 1.47 bits per heavy atom. The molecule has 0 saturated carbocycles. The monoisotopic (exact) mass is 321 g/mol. The smallest absolute Gasteiger partial charge is 0.307 e. The first kappa shape index (κ1) is 16.4. The van der Waals surface area contributed by atoms with Crippen molar-refractivity contribution in [3.05, 3.63) is 33.8 Å². The zero-order valence-corrected chi connectivity index (χ0v) is 12.3. The predicted molar refractivity (Wildman–Crippen MR) is 74.3 cm³/mol. The summed E-state index contributed by atoms with van der Waals surface area (Å²) in [5.74, 6) is -0.257. The van der Waals surface area contributed by atoms with E-state index in [1.807, 2.05) is 25.1 Å². The lowest BCUT2D eigenvalue weighted by Gasteiger charge is -2.12. The molecule has 0 aromatic heterocycles. The van der Waals surface area contributed by atoms with Gasteiger partial charge in [-0.2, -0.15) is 0 Å². The van der Waals surface area contributed by atoms with E-state index in [4.69, 9.17) is 10.5 Å². The number of hydrogen-bond donors (Lipinski definition) is 1. The van der Waals surface area contributed by atoms with Gasteiger partial charge in [-0.1, -0.05) is 22.0 Å². The van der Waals surface area contributed by atoms with Gasteiger partial charge in [-0.25, -0.2) is 0 Å². The fourth-order valence-corrected chi connectivity index (χ4v) is 2.12. The molecule has 2 N–H and O–H groups in total. The number of carbonyl (C=O) groups excluding carboxylic acids is 1. The summed E-state index contributed by atoms with van der Waals surface area (Å²) in [5, 5.41) is 0. The lowest BCUT2D eigenvalue weighted by atomic mass is 10.0. The van der Waals surface area contributed by atoms with E-state index < -0.39 is 0 Å². The molecule has 0 bridgehead atoms. The van der Waals surface area contributed by atoms with Crippen LogP contribution < -0.4 is 5.73 Å². The van der Waals surface area contributed by atoms with Crippen molar-refractivity contribution in [1.82, 2.24) is 0 Å². The van der Waals surface area contributed by atoms with E-state index in [2.05, 4.69) is 15.9 Å².